The molecule has 208 valence electrons. The molecule has 1 N–H and O–H groups in total. The van der Waals surface area contributed by atoms with Crippen LogP contribution in [0.5, 0.6) is 5.75 Å². The Morgan fingerprint density at radius 3 is 2.60 bits per heavy atom. The first-order valence-electron chi connectivity index (χ1n) is 13.8. The summed E-state index contributed by atoms with van der Waals surface area (Å²) in [5, 5.41) is 2.35. The van der Waals surface area contributed by atoms with Gasteiger partial charge in [-0.1, -0.05) is 6.07 Å². The van der Waals surface area contributed by atoms with Crippen LogP contribution in [0.25, 0.3) is 22.5 Å². The van der Waals surface area contributed by atoms with Crippen molar-refractivity contribution in [1.29, 1.82) is 0 Å². The van der Waals surface area contributed by atoms with Crippen molar-refractivity contribution < 1.29 is 23.9 Å². The van der Waals surface area contributed by atoms with Crippen LogP contribution in [-0.4, -0.2) is 82.6 Å². The molecule has 1 atom stereocenters. The predicted molar refractivity (Wildman–Crippen MR) is 147 cm³/mol. The van der Waals surface area contributed by atoms with E-state index in [4.69, 9.17) is 9.47 Å². The third kappa shape index (κ3) is 5.24. The van der Waals surface area contributed by atoms with Crippen molar-refractivity contribution in [2.24, 2.45) is 7.05 Å². The molecule has 0 radical (unpaired) electrons. The van der Waals surface area contributed by atoms with E-state index in [9.17, 15) is 14.4 Å². The molecule has 0 aliphatic carbocycles. The van der Waals surface area contributed by atoms with Crippen molar-refractivity contribution in [3.8, 4) is 28.3 Å². The van der Waals surface area contributed by atoms with Crippen molar-refractivity contribution in [3.05, 3.63) is 59.9 Å². The van der Waals surface area contributed by atoms with Crippen LogP contribution >= 0.6 is 0 Å². The highest BCUT2D eigenvalue weighted by Crippen LogP contribution is 2.35. The number of benzene rings is 2. The minimum atomic E-state index is -0.633. The van der Waals surface area contributed by atoms with Gasteiger partial charge in [0.25, 0.3) is 5.91 Å². The molecule has 0 saturated carbocycles. The number of nitrogens with one attached hydrogen (secondary N) is 1. The number of hydrogen-bond donors (Lipinski definition) is 1. The van der Waals surface area contributed by atoms with E-state index in [1.165, 1.54) is 0 Å². The van der Waals surface area contributed by atoms with E-state index in [0.717, 1.165) is 73.1 Å². The lowest BCUT2D eigenvalue weighted by Crippen LogP contribution is -2.52. The van der Waals surface area contributed by atoms with E-state index >= 15 is 0 Å². The van der Waals surface area contributed by atoms with Gasteiger partial charge in [-0.25, -0.2) is 4.98 Å². The summed E-state index contributed by atoms with van der Waals surface area (Å²) in [6, 6.07) is 13.1. The lowest BCUT2D eigenvalue weighted by molar-refractivity contribution is -0.136. The average Bonchev–Trinajstić information content (AvgIpc) is 3.51. The number of carbonyl (C=O) groups is 3. The molecule has 3 aliphatic heterocycles. The molecule has 2 fully saturated rings. The van der Waals surface area contributed by atoms with E-state index in [1.54, 1.807) is 11.2 Å². The molecule has 2 aromatic carbocycles. The zero-order valence-electron chi connectivity index (χ0n) is 22.6. The summed E-state index contributed by atoms with van der Waals surface area (Å²) < 4.78 is 13.4. The molecule has 10 heteroatoms. The number of imide groups is 1. The maximum atomic E-state index is 13.1. The monoisotopic (exact) mass is 543 g/mol. The van der Waals surface area contributed by atoms with Crippen molar-refractivity contribution >= 4 is 17.7 Å². The molecule has 0 spiro atoms. The van der Waals surface area contributed by atoms with Crippen LogP contribution in [0.15, 0.2) is 48.8 Å². The lowest BCUT2D eigenvalue weighted by Gasteiger charge is -2.29. The molecular formula is C30H33N5O5. The van der Waals surface area contributed by atoms with E-state index < -0.39 is 11.9 Å². The summed E-state index contributed by atoms with van der Waals surface area (Å²) in [7, 11) is 1.96. The second kappa shape index (κ2) is 11.2. The molecule has 0 bridgehead atoms. The second-order valence-electron chi connectivity index (χ2n) is 10.5. The SMILES string of the molecule is Cn1cnc(-c2ccc3c(c2)CN(C2CCC(=O)NC2=O)C3=O)c1-c1ccc(OCCCN2CCOCC2)cc1. The van der Waals surface area contributed by atoms with Crippen LogP contribution in [0, 0.1) is 0 Å². The highest BCUT2D eigenvalue weighted by molar-refractivity contribution is 6.05. The van der Waals surface area contributed by atoms with E-state index in [-0.39, 0.29) is 18.2 Å². The van der Waals surface area contributed by atoms with Gasteiger partial charge in [0.1, 0.15) is 11.8 Å². The highest BCUT2D eigenvalue weighted by atomic mass is 16.5. The Morgan fingerprint density at radius 1 is 1.05 bits per heavy atom. The number of imidazole rings is 1. The summed E-state index contributed by atoms with van der Waals surface area (Å²) in [4.78, 5) is 45.7. The van der Waals surface area contributed by atoms with Gasteiger partial charge in [0.15, 0.2) is 0 Å². The van der Waals surface area contributed by atoms with Gasteiger partial charge in [-0.05, 0) is 54.8 Å². The minimum absolute atomic E-state index is 0.183. The molecular weight excluding hydrogens is 510 g/mol. The van der Waals surface area contributed by atoms with Crippen LogP contribution in [0.3, 0.4) is 0 Å². The maximum absolute atomic E-state index is 13.1. The molecule has 1 aromatic heterocycles. The third-order valence-corrected chi connectivity index (χ3v) is 7.85. The number of nitrogens with zero attached hydrogens (tertiary/aromatic N) is 4. The van der Waals surface area contributed by atoms with Crippen LogP contribution in [-0.2, 0) is 27.9 Å². The van der Waals surface area contributed by atoms with Crippen LogP contribution in [0.1, 0.15) is 35.2 Å². The quantitative estimate of drug-likeness (QED) is 0.344. The molecule has 3 aromatic rings. The number of hydrogen-bond acceptors (Lipinski definition) is 7. The molecule has 4 heterocycles. The summed E-state index contributed by atoms with van der Waals surface area (Å²) in [5.74, 6) is -0.0511. The van der Waals surface area contributed by atoms with Gasteiger partial charge in [0, 0.05) is 56.3 Å². The van der Waals surface area contributed by atoms with Crippen molar-refractivity contribution in [2.75, 3.05) is 39.5 Å². The summed E-state index contributed by atoms with van der Waals surface area (Å²) in [6.45, 7) is 5.59. The van der Waals surface area contributed by atoms with Crippen molar-refractivity contribution in [2.45, 2.75) is 31.8 Å². The zero-order chi connectivity index (χ0) is 27.6. The summed E-state index contributed by atoms with van der Waals surface area (Å²) in [5.41, 5.74) is 5.13. The molecule has 40 heavy (non-hydrogen) atoms. The summed E-state index contributed by atoms with van der Waals surface area (Å²) in [6.07, 6.45) is 3.33. The fraction of sp³-hybridized carbons (Fsp3) is 0.400. The lowest BCUT2D eigenvalue weighted by atomic mass is 10.0. The number of fused-ring (bicyclic) bond motifs is 1. The molecule has 10 nitrogen and oxygen atoms in total. The topological polar surface area (TPSA) is 106 Å². The van der Waals surface area contributed by atoms with Gasteiger partial charge in [-0.3, -0.25) is 24.6 Å². The Hall–Kier alpha value is -4.02. The number of amides is 3. The van der Waals surface area contributed by atoms with Gasteiger partial charge in [0.05, 0.1) is 37.5 Å². The van der Waals surface area contributed by atoms with E-state index in [0.29, 0.717) is 25.1 Å². The molecule has 2 saturated heterocycles. The highest BCUT2D eigenvalue weighted by Gasteiger charge is 2.39. The first-order valence-corrected chi connectivity index (χ1v) is 13.8. The number of aromatic nitrogens is 2. The average molecular weight is 544 g/mol. The number of piperidine rings is 1. The Morgan fingerprint density at radius 2 is 1.82 bits per heavy atom. The Labute approximate surface area is 232 Å². The van der Waals surface area contributed by atoms with Gasteiger partial charge in [-0.15, -0.1) is 0 Å². The standard InChI is InChI=1S/C30H33N5O5/c1-33-19-31-27(28(33)20-3-6-23(7-4-20)40-14-2-11-34-12-15-39-16-13-34)21-5-8-24-22(17-21)18-35(30(24)38)25-9-10-26(36)32-29(25)37/h3-8,17,19,25H,2,9-16,18H2,1H3,(H,32,36,37). The zero-order valence-corrected chi connectivity index (χ0v) is 22.6. The van der Waals surface area contributed by atoms with Gasteiger partial charge in [0.2, 0.25) is 11.8 Å². The van der Waals surface area contributed by atoms with E-state index in [1.807, 2.05) is 54.1 Å². The predicted octanol–water partition coefficient (Wildman–Crippen LogP) is 2.62. The number of ether oxygens (including phenoxy) is 2. The number of carbonyl (C=O) groups excluding carboxylic acids is 3. The van der Waals surface area contributed by atoms with Gasteiger partial charge >= 0.3 is 0 Å². The summed E-state index contributed by atoms with van der Waals surface area (Å²) >= 11 is 0. The first kappa shape index (κ1) is 26.2. The number of aryl methyl sites for hydroxylation is 1. The van der Waals surface area contributed by atoms with E-state index in [2.05, 4.69) is 15.2 Å². The molecule has 1 unspecified atom stereocenters. The van der Waals surface area contributed by atoms with Gasteiger partial charge < -0.3 is 18.9 Å². The third-order valence-electron chi connectivity index (χ3n) is 7.85. The largest absolute Gasteiger partial charge is 0.494 e. The Kier molecular flexibility index (Phi) is 7.36. The van der Waals surface area contributed by atoms with Crippen LogP contribution in [0.4, 0.5) is 0 Å². The van der Waals surface area contributed by atoms with Crippen LogP contribution < -0.4 is 10.1 Å². The second-order valence-corrected chi connectivity index (χ2v) is 10.5. The first-order chi connectivity index (χ1) is 19.5. The molecule has 3 amide bonds. The number of rotatable bonds is 8. The van der Waals surface area contributed by atoms with Crippen molar-refractivity contribution in [3.63, 3.8) is 0 Å². The number of morpholine rings is 1. The molecule has 6 rings (SSSR count). The fourth-order valence-electron chi connectivity index (χ4n) is 5.72. The molecule has 3 aliphatic rings. The normalized spacial score (nSPS) is 19.6. The van der Waals surface area contributed by atoms with Crippen molar-refractivity contribution in [1.82, 2.24) is 24.7 Å². The fourth-order valence-corrected chi connectivity index (χ4v) is 5.72. The van der Waals surface area contributed by atoms with Gasteiger partial charge in [-0.2, -0.15) is 0 Å². The Bertz CT molecular complexity index is 1430. The smallest absolute Gasteiger partial charge is 0.255 e. The Balaban J connectivity index is 1.14. The maximum Gasteiger partial charge on any atom is 0.255 e. The van der Waals surface area contributed by atoms with Crippen LogP contribution in [0.2, 0.25) is 0 Å². The minimum Gasteiger partial charge on any atom is -0.494 e.